The average Bonchev–Trinajstić information content (AvgIpc) is 3.09. The second-order valence-electron chi connectivity index (χ2n) is 7.88. The standard InChI is InChI=1S/C22H24FN3O2/c1-22-15(4-3-5-16(22)12-27)10-18-20(14-6-8-17(23)9-7-14)25-13-26(18)21(22)19(28)11-24-2/h6-10,12-13,16,21,24H,3-5,11H2,1-2H3/t16-,21?,22?/m1/s1. The fourth-order valence-electron chi connectivity index (χ4n) is 4.90. The molecule has 2 unspecified atom stereocenters. The first-order valence-corrected chi connectivity index (χ1v) is 9.67. The van der Waals surface area contributed by atoms with Gasteiger partial charge in [0, 0.05) is 16.9 Å². The van der Waals surface area contributed by atoms with Crippen LogP contribution >= 0.6 is 0 Å². The number of nitrogens with zero attached hydrogens (tertiary/aromatic N) is 2. The van der Waals surface area contributed by atoms with E-state index in [-0.39, 0.29) is 24.1 Å². The summed E-state index contributed by atoms with van der Waals surface area (Å²) in [5, 5.41) is 2.95. The first kappa shape index (κ1) is 18.7. The Hall–Kier alpha value is -2.60. The van der Waals surface area contributed by atoms with E-state index in [0.717, 1.165) is 48.1 Å². The number of imidazole rings is 1. The predicted octanol–water partition coefficient (Wildman–Crippen LogP) is 3.42. The molecule has 1 aromatic carbocycles. The Bertz CT molecular complexity index is 947. The van der Waals surface area contributed by atoms with Crippen LogP contribution in [0.2, 0.25) is 0 Å². The minimum atomic E-state index is -0.554. The fraction of sp³-hybridized carbons (Fsp3) is 0.409. The number of carbonyl (C=O) groups is 2. The van der Waals surface area contributed by atoms with Crippen LogP contribution in [-0.2, 0) is 9.59 Å². The van der Waals surface area contributed by atoms with Crippen LogP contribution in [0.3, 0.4) is 0 Å². The number of allylic oxidation sites excluding steroid dienone is 1. The van der Waals surface area contributed by atoms with Gasteiger partial charge >= 0.3 is 0 Å². The first-order valence-electron chi connectivity index (χ1n) is 9.67. The molecule has 0 amide bonds. The van der Waals surface area contributed by atoms with Gasteiger partial charge in [0.15, 0.2) is 5.78 Å². The molecule has 4 rings (SSSR count). The third-order valence-corrected chi connectivity index (χ3v) is 6.35. The van der Waals surface area contributed by atoms with Gasteiger partial charge in [-0.15, -0.1) is 0 Å². The number of ketones is 1. The molecule has 1 saturated carbocycles. The zero-order chi connectivity index (χ0) is 19.9. The molecule has 146 valence electrons. The molecule has 2 heterocycles. The van der Waals surface area contributed by atoms with Gasteiger partial charge in [0.25, 0.3) is 0 Å². The molecular formula is C22H24FN3O2. The highest BCUT2D eigenvalue weighted by atomic mass is 19.1. The summed E-state index contributed by atoms with van der Waals surface area (Å²) in [7, 11) is 1.75. The second kappa shape index (κ2) is 7.09. The third-order valence-electron chi connectivity index (χ3n) is 6.35. The SMILES string of the molecule is CNCC(=O)C1n2cnc(-c3ccc(F)cc3)c2C=C2CCC[C@H](C=O)C21C. The number of carbonyl (C=O) groups excluding carboxylic acids is 2. The van der Waals surface area contributed by atoms with E-state index < -0.39 is 11.5 Å². The highest BCUT2D eigenvalue weighted by molar-refractivity contribution is 5.89. The summed E-state index contributed by atoms with van der Waals surface area (Å²) in [6.45, 7) is 2.26. The van der Waals surface area contributed by atoms with Crippen molar-refractivity contribution in [3.63, 3.8) is 0 Å². The van der Waals surface area contributed by atoms with Crippen molar-refractivity contribution < 1.29 is 14.0 Å². The van der Waals surface area contributed by atoms with Gasteiger partial charge in [-0.3, -0.25) is 4.79 Å². The molecule has 0 spiro atoms. The zero-order valence-corrected chi connectivity index (χ0v) is 16.1. The van der Waals surface area contributed by atoms with Gasteiger partial charge in [-0.1, -0.05) is 12.5 Å². The number of hydrogen-bond acceptors (Lipinski definition) is 4. The second-order valence-corrected chi connectivity index (χ2v) is 7.88. The molecule has 1 aromatic heterocycles. The topological polar surface area (TPSA) is 64.0 Å². The number of aromatic nitrogens is 2. The van der Waals surface area contributed by atoms with Gasteiger partial charge in [-0.2, -0.15) is 0 Å². The maximum atomic E-state index is 13.4. The highest BCUT2D eigenvalue weighted by Crippen LogP contribution is 2.55. The van der Waals surface area contributed by atoms with Crippen LogP contribution in [0.4, 0.5) is 4.39 Å². The van der Waals surface area contributed by atoms with Crippen molar-refractivity contribution in [3.8, 4) is 11.3 Å². The smallest absolute Gasteiger partial charge is 0.170 e. The van der Waals surface area contributed by atoms with Crippen molar-refractivity contribution in [2.24, 2.45) is 11.3 Å². The molecule has 5 nitrogen and oxygen atoms in total. The lowest BCUT2D eigenvalue weighted by molar-refractivity contribution is -0.128. The zero-order valence-electron chi connectivity index (χ0n) is 16.1. The molecule has 0 radical (unpaired) electrons. The largest absolute Gasteiger partial charge is 0.319 e. The summed E-state index contributed by atoms with van der Waals surface area (Å²) >= 11 is 0. The molecule has 2 aromatic rings. The Morgan fingerprint density at radius 3 is 2.82 bits per heavy atom. The van der Waals surface area contributed by atoms with Crippen LogP contribution < -0.4 is 5.32 Å². The lowest BCUT2D eigenvalue weighted by atomic mass is 9.58. The summed E-state index contributed by atoms with van der Waals surface area (Å²) in [4.78, 5) is 29.6. The first-order chi connectivity index (χ1) is 13.5. The van der Waals surface area contributed by atoms with Crippen molar-refractivity contribution in [1.29, 1.82) is 0 Å². The third kappa shape index (κ3) is 2.75. The van der Waals surface area contributed by atoms with Gasteiger partial charge in [0.2, 0.25) is 0 Å². The number of benzene rings is 1. The summed E-state index contributed by atoms with van der Waals surface area (Å²) in [6.07, 6.45) is 7.35. The number of aldehydes is 1. The lowest BCUT2D eigenvalue weighted by Gasteiger charge is -2.49. The van der Waals surface area contributed by atoms with Crippen LogP contribution in [-0.4, -0.2) is 35.2 Å². The Balaban J connectivity index is 1.90. The molecule has 1 aliphatic carbocycles. The van der Waals surface area contributed by atoms with Crippen molar-refractivity contribution in [2.75, 3.05) is 13.6 Å². The van der Waals surface area contributed by atoms with E-state index >= 15 is 0 Å². The summed E-state index contributed by atoms with van der Waals surface area (Å²) < 4.78 is 15.3. The average molecular weight is 381 g/mol. The van der Waals surface area contributed by atoms with Crippen molar-refractivity contribution in [3.05, 3.63) is 47.7 Å². The molecule has 2 aliphatic rings. The number of halogens is 1. The molecule has 1 fully saturated rings. The number of nitrogens with one attached hydrogen (secondary N) is 1. The van der Waals surface area contributed by atoms with Crippen LogP contribution in [0.1, 0.15) is 37.9 Å². The minimum absolute atomic E-state index is 0.0358. The normalized spacial score (nSPS) is 26.2. The molecule has 0 bridgehead atoms. The van der Waals surface area contributed by atoms with E-state index in [1.807, 2.05) is 11.5 Å². The Morgan fingerprint density at radius 1 is 1.39 bits per heavy atom. The minimum Gasteiger partial charge on any atom is -0.319 e. The van der Waals surface area contributed by atoms with E-state index in [1.165, 1.54) is 12.1 Å². The van der Waals surface area contributed by atoms with E-state index in [4.69, 9.17) is 0 Å². The van der Waals surface area contributed by atoms with Crippen molar-refractivity contribution in [1.82, 2.24) is 14.9 Å². The maximum Gasteiger partial charge on any atom is 0.170 e. The number of likely N-dealkylation sites (N-methyl/N-ethyl adjacent to an activating group) is 1. The highest BCUT2D eigenvalue weighted by Gasteiger charge is 2.52. The Morgan fingerprint density at radius 2 is 2.14 bits per heavy atom. The molecule has 1 aliphatic heterocycles. The van der Waals surface area contributed by atoms with Gasteiger partial charge < -0.3 is 14.7 Å². The number of hydrogen-bond donors (Lipinski definition) is 1. The number of fused-ring (bicyclic) bond motifs is 2. The quantitative estimate of drug-likeness (QED) is 0.806. The van der Waals surface area contributed by atoms with Crippen molar-refractivity contribution in [2.45, 2.75) is 32.2 Å². The van der Waals surface area contributed by atoms with Crippen LogP contribution in [0.15, 0.2) is 36.2 Å². The summed E-state index contributed by atoms with van der Waals surface area (Å²) in [6, 6.07) is 5.73. The van der Waals surface area contributed by atoms with Crippen LogP contribution in [0.5, 0.6) is 0 Å². The van der Waals surface area contributed by atoms with Gasteiger partial charge in [-0.25, -0.2) is 9.37 Å². The Kier molecular flexibility index (Phi) is 4.75. The van der Waals surface area contributed by atoms with E-state index in [9.17, 15) is 14.0 Å². The van der Waals surface area contributed by atoms with E-state index in [1.54, 1.807) is 25.5 Å². The van der Waals surface area contributed by atoms with E-state index in [0.29, 0.717) is 0 Å². The number of Topliss-reactive ketones (excluding diaryl/α,β-unsaturated/α-hetero) is 1. The molecule has 6 heteroatoms. The summed E-state index contributed by atoms with van der Waals surface area (Å²) in [5.41, 5.74) is 2.95. The summed E-state index contributed by atoms with van der Waals surface area (Å²) in [5.74, 6) is -0.470. The number of rotatable bonds is 5. The van der Waals surface area contributed by atoms with Crippen LogP contribution in [0, 0.1) is 17.2 Å². The Labute approximate surface area is 163 Å². The molecule has 28 heavy (non-hydrogen) atoms. The lowest BCUT2D eigenvalue weighted by Crippen LogP contribution is -2.48. The predicted molar refractivity (Wildman–Crippen MR) is 105 cm³/mol. The van der Waals surface area contributed by atoms with Gasteiger partial charge in [-0.05, 0) is 56.7 Å². The van der Waals surface area contributed by atoms with E-state index in [2.05, 4.69) is 16.4 Å². The fourth-order valence-corrected chi connectivity index (χ4v) is 4.90. The molecule has 0 saturated heterocycles. The molecular weight excluding hydrogens is 357 g/mol. The maximum absolute atomic E-state index is 13.4. The van der Waals surface area contributed by atoms with Crippen LogP contribution in [0.25, 0.3) is 17.3 Å². The molecule has 1 N–H and O–H groups in total. The van der Waals surface area contributed by atoms with Gasteiger partial charge in [0.05, 0.1) is 24.3 Å². The molecule has 3 atom stereocenters. The van der Waals surface area contributed by atoms with Gasteiger partial charge in [0.1, 0.15) is 18.1 Å². The monoisotopic (exact) mass is 381 g/mol. The van der Waals surface area contributed by atoms with Crippen molar-refractivity contribution >= 4 is 18.1 Å².